The molecule has 1 fully saturated rings. The van der Waals surface area contributed by atoms with Gasteiger partial charge in [0.25, 0.3) is 0 Å². The zero-order valence-corrected chi connectivity index (χ0v) is 9.98. The third kappa shape index (κ3) is 3.07. The number of ether oxygens (including phenoxy) is 1. The summed E-state index contributed by atoms with van der Waals surface area (Å²) in [6.07, 6.45) is -4.06. The first-order valence-corrected chi connectivity index (χ1v) is 5.88. The van der Waals surface area contributed by atoms with E-state index in [1.807, 2.05) is 0 Å². The van der Waals surface area contributed by atoms with Crippen molar-refractivity contribution in [1.82, 2.24) is 0 Å². The average Bonchev–Trinajstić information content (AvgIpc) is 3.15. The second-order valence-electron chi connectivity index (χ2n) is 4.42. The maximum absolute atomic E-state index is 12.8. The number of aliphatic hydroxyl groups excluding tert-OH is 1. The molecule has 1 N–H and O–H groups in total. The third-order valence-corrected chi connectivity index (χ3v) is 3.09. The summed E-state index contributed by atoms with van der Waals surface area (Å²) in [5, 5.41) is 8.53. The van der Waals surface area contributed by atoms with Gasteiger partial charge in [-0.2, -0.15) is 13.2 Å². The minimum atomic E-state index is -4.42. The minimum Gasteiger partial charge on any atom is -0.463 e. The summed E-state index contributed by atoms with van der Waals surface area (Å²) in [7, 11) is 0. The van der Waals surface area contributed by atoms with Crippen molar-refractivity contribution in [3.63, 3.8) is 0 Å². The van der Waals surface area contributed by atoms with Gasteiger partial charge in [-0.25, -0.2) is 0 Å². The molecule has 1 aromatic carbocycles. The highest BCUT2D eigenvalue weighted by Crippen LogP contribution is 2.51. The number of aliphatic hydroxyl groups is 1. The van der Waals surface area contributed by atoms with Gasteiger partial charge in [0.15, 0.2) is 0 Å². The van der Waals surface area contributed by atoms with Crippen molar-refractivity contribution in [2.75, 3.05) is 13.2 Å². The fraction of sp³-hybridized carbons (Fsp3) is 0.462. The predicted octanol–water partition coefficient (Wildman–Crippen LogP) is 2.34. The van der Waals surface area contributed by atoms with Gasteiger partial charge in [-0.1, -0.05) is 18.2 Å². The van der Waals surface area contributed by atoms with Crippen LogP contribution in [0.3, 0.4) is 0 Å². The monoisotopic (exact) mass is 274 g/mol. The lowest BCUT2D eigenvalue weighted by atomic mass is 10.0. The molecule has 1 aliphatic rings. The van der Waals surface area contributed by atoms with Crippen molar-refractivity contribution < 1.29 is 27.8 Å². The van der Waals surface area contributed by atoms with Crippen LogP contribution in [0, 0.1) is 5.92 Å². The summed E-state index contributed by atoms with van der Waals surface area (Å²) in [5.41, 5.74) is -0.557. The highest BCUT2D eigenvalue weighted by atomic mass is 19.4. The molecule has 1 aliphatic carbocycles. The van der Waals surface area contributed by atoms with Crippen molar-refractivity contribution in [2.24, 2.45) is 5.92 Å². The van der Waals surface area contributed by atoms with Crippen molar-refractivity contribution in [3.05, 3.63) is 35.4 Å². The van der Waals surface area contributed by atoms with Gasteiger partial charge in [-0.3, -0.25) is 4.79 Å². The number of rotatable bonds is 4. The molecule has 3 nitrogen and oxygen atoms in total. The maximum Gasteiger partial charge on any atom is 0.416 e. The van der Waals surface area contributed by atoms with E-state index < -0.39 is 29.5 Å². The normalized spacial score (nSPS) is 22.1. The van der Waals surface area contributed by atoms with Gasteiger partial charge in [0, 0.05) is 0 Å². The second-order valence-corrected chi connectivity index (χ2v) is 4.42. The molecular formula is C13H13F3O3. The minimum absolute atomic E-state index is 0.122. The Balaban J connectivity index is 2.11. The Morgan fingerprint density at radius 2 is 2.05 bits per heavy atom. The van der Waals surface area contributed by atoms with E-state index in [0.717, 1.165) is 6.07 Å². The van der Waals surface area contributed by atoms with Crippen LogP contribution in [0.1, 0.15) is 23.5 Å². The molecule has 6 heteroatoms. The van der Waals surface area contributed by atoms with Crippen LogP contribution in [0.5, 0.6) is 0 Å². The van der Waals surface area contributed by atoms with Crippen LogP contribution in [0.25, 0.3) is 0 Å². The third-order valence-electron chi connectivity index (χ3n) is 3.09. The zero-order chi connectivity index (χ0) is 14.0. The quantitative estimate of drug-likeness (QED) is 0.857. The first-order chi connectivity index (χ1) is 8.95. The van der Waals surface area contributed by atoms with E-state index >= 15 is 0 Å². The first-order valence-electron chi connectivity index (χ1n) is 5.88. The molecule has 0 aliphatic heterocycles. The Labute approximate surface area is 108 Å². The van der Waals surface area contributed by atoms with Crippen molar-refractivity contribution in [2.45, 2.75) is 18.5 Å². The number of hydrogen-bond acceptors (Lipinski definition) is 3. The van der Waals surface area contributed by atoms with Gasteiger partial charge in [0.1, 0.15) is 6.61 Å². The summed E-state index contributed by atoms with van der Waals surface area (Å²) in [4.78, 5) is 11.5. The fourth-order valence-corrected chi connectivity index (χ4v) is 2.13. The van der Waals surface area contributed by atoms with Crippen LogP contribution in [-0.4, -0.2) is 24.3 Å². The molecule has 0 spiro atoms. The molecule has 1 aromatic rings. The van der Waals surface area contributed by atoms with E-state index in [0.29, 0.717) is 6.42 Å². The average molecular weight is 274 g/mol. The summed E-state index contributed by atoms with van der Waals surface area (Å²) in [6.45, 7) is -0.411. The molecule has 2 rings (SSSR count). The number of benzene rings is 1. The Kier molecular flexibility index (Phi) is 3.80. The second kappa shape index (κ2) is 5.21. The zero-order valence-electron chi connectivity index (χ0n) is 9.98. The molecule has 0 aromatic heterocycles. The topological polar surface area (TPSA) is 46.5 Å². The molecule has 0 radical (unpaired) electrons. The predicted molar refractivity (Wildman–Crippen MR) is 60.3 cm³/mol. The summed E-state index contributed by atoms with van der Waals surface area (Å²) >= 11 is 0. The molecule has 104 valence electrons. The summed E-state index contributed by atoms with van der Waals surface area (Å²) < 4.78 is 43.2. The number of hydrogen-bond donors (Lipinski definition) is 1. The van der Waals surface area contributed by atoms with E-state index in [1.54, 1.807) is 0 Å². The molecular weight excluding hydrogens is 261 g/mol. The number of carbonyl (C=O) groups is 1. The Hall–Kier alpha value is -1.56. The Bertz CT molecular complexity index is 470. The Morgan fingerprint density at radius 3 is 2.68 bits per heavy atom. The van der Waals surface area contributed by atoms with Crippen LogP contribution >= 0.6 is 0 Å². The van der Waals surface area contributed by atoms with Crippen LogP contribution in [-0.2, 0) is 15.7 Å². The summed E-state index contributed by atoms with van der Waals surface area (Å²) in [5.74, 6) is -1.52. The number of esters is 1. The van der Waals surface area contributed by atoms with Gasteiger partial charge >= 0.3 is 12.1 Å². The smallest absolute Gasteiger partial charge is 0.416 e. The van der Waals surface area contributed by atoms with Gasteiger partial charge in [-0.05, 0) is 24.0 Å². The van der Waals surface area contributed by atoms with E-state index in [9.17, 15) is 18.0 Å². The molecule has 2 atom stereocenters. The van der Waals surface area contributed by atoms with Gasteiger partial charge in [0.2, 0.25) is 0 Å². The maximum atomic E-state index is 12.8. The number of carbonyl (C=O) groups excluding carboxylic acids is 1. The molecule has 0 unspecified atom stereocenters. The lowest BCUT2D eigenvalue weighted by Crippen LogP contribution is -2.13. The number of halogens is 3. The van der Waals surface area contributed by atoms with Crippen LogP contribution in [0.15, 0.2) is 24.3 Å². The van der Waals surface area contributed by atoms with E-state index in [-0.39, 0.29) is 18.8 Å². The molecule has 0 amide bonds. The van der Waals surface area contributed by atoms with E-state index in [4.69, 9.17) is 9.84 Å². The highest BCUT2D eigenvalue weighted by molar-refractivity contribution is 5.77. The van der Waals surface area contributed by atoms with Crippen LogP contribution < -0.4 is 0 Å². The van der Waals surface area contributed by atoms with Gasteiger partial charge in [0.05, 0.1) is 18.1 Å². The lowest BCUT2D eigenvalue weighted by molar-refractivity contribution is -0.146. The first kappa shape index (κ1) is 13.9. The van der Waals surface area contributed by atoms with Crippen molar-refractivity contribution in [1.29, 1.82) is 0 Å². The lowest BCUT2D eigenvalue weighted by Gasteiger charge is -2.12. The van der Waals surface area contributed by atoms with Crippen molar-refractivity contribution >= 4 is 5.97 Å². The van der Waals surface area contributed by atoms with E-state index in [2.05, 4.69) is 0 Å². The van der Waals surface area contributed by atoms with Gasteiger partial charge in [-0.15, -0.1) is 0 Å². The fourth-order valence-electron chi connectivity index (χ4n) is 2.13. The Morgan fingerprint density at radius 1 is 1.37 bits per heavy atom. The molecule has 19 heavy (non-hydrogen) atoms. The van der Waals surface area contributed by atoms with Crippen LogP contribution in [0.2, 0.25) is 0 Å². The highest BCUT2D eigenvalue weighted by Gasteiger charge is 2.48. The molecule has 0 saturated heterocycles. The standard InChI is InChI=1S/C13H13F3O3/c14-13(15,16)11-4-2-1-3-8(11)9-7-10(9)12(18)19-6-5-17/h1-4,9-10,17H,5-7H2/t9-,10+/m1/s1. The number of alkyl halides is 3. The summed E-state index contributed by atoms with van der Waals surface area (Å²) in [6, 6.07) is 5.27. The van der Waals surface area contributed by atoms with Gasteiger partial charge < -0.3 is 9.84 Å². The molecule has 1 saturated carbocycles. The van der Waals surface area contributed by atoms with Crippen LogP contribution in [0.4, 0.5) is 13.2 Å². The van der Waals surface area contributed by atoms with Crippen molar-refractivity contribution in [3.8, 4) is 0 Å². The molecule has 0 bridgehead atoms. The largest absolute Gasteiger partial charge is 0.463 e. The van der Waals surface area contributed by atoms with E-state index in [1.165, 1.54) is 18.2 Å². The SMILES string of the molecule is O=C(OCCO)[C@H]1C[C@@H]1c1ccccc1C(F)(F)F. The molecule has 0 heterocycles.